The summed E-state index contributed by atoms with van der Waals surface area (Å²) in [6, 6.07) is -0.0673. The van der Waals surface area contributed by atoms with Crippen molar-refractivity contribution in [3.63, 3.8) is 0 Å². The Labute approximate surface area is 152 Å². The smallest absolute Gasteiger partial charge is 0.138 e. The predicted octanol–water partition coefficient (Wildman–Crippen LogP) is 4.90. The van der Waals surface area contributed by atoms with Gasteiger partial charge in [0.1, 0.15) is 12.1 Å². The van der Waals surface area contributed by atoms with Crippen LogP contribution >= 0.6 is 0 Å². The number of hydrogen-bond donors (Lipinski definition) is 2. The van der Waals surface area contributed by atoms with Crippen LogP contribution in [0, 0.1) is 0 Å². The number of nitrogens with zero attached hydrogens (tertiary/aromatic N) is 1. The molecular formula is C21H46NO2+. The first-order valence-corrected chi connectivity index (χ1v) is 10.5. The van der Waals surface area contributed by atoms with E-state index in [0.717, 1.165) is 12.8 Å². The standard InChI is InChI=1S/C21H46NO2/c1-5-6-7-8-9-10-11-12-13-14-15-16-17-18-21(24)20(19-23)22(2,3)4/h20-21,23-24H,5-19H2,1-4H3/q+1. The molecule has 0 saturated heterocycles. The summed E-state index contributed by atoms with van der Waals surface area (Å²) in [5, 5.41) is 19.7. The highest BCUT2D eigenvalue weighted by atomic mass is 16.3. The van der Waals surface area contributed by atoms with Gasteiger partial charge in [0.15, 0.2) is 0 Å². The largest absolute Gasteiger partial charge is 0.390 e. The van der Waals surface area contributed by atoms with Crippen molar-refractivity contribution in [3.05, 3.63) is 0 Å². The van der Waals surface area contributed by atoms with E-state index in [1.807, 2.05) is 21.1 Å². The van der Waals surface area contributed by atoms with Gasteiger partial charge in [-0.3, -0.25) is 0 Å². The lowest BCUT2D eigenvalue weighted by Gasteiger charge is -2.35. The average molecular weight is 345 g/mol. The van der Waals surface area contributed by atoms with Crippen LogP contribution in [0.15, 0.2) is 0 Å². The Morgan fingerprint density at radius 3 is 1.38 bits per heavy atom. The molecule has 0 aliphatic rings. The minimum absolute atomic E-state index is 0.0586. The molecule has 0 rings (SSSR count). The Morgan fingerprint density at radius 1 is 0.667 bits per heavy atom. The fourth-order valence-electron chi connectivity index (χ4n) is 3.45. The van der Waals surface area contributed by atoms with Crippen molar-refractivity contribution in [2.45, 2.75) is 109 Å². The summed E-state index contributed by atoms with van der Waals surface area (Å²) in [6.45, 7) is 2.33. The van der Waals surface area contributed by atoms with Crippen molar-refractivity contribution in [3.8, 4) is 0 Å². The Kier molecular flexibility index (Phi) is 15.1. The van der Waals surface area contributed by atoms with Crippen molar-refractivity contribution in [2.75, 3.05) is 27.7 Å². The number of rotatable bonds is 17. The molecule has 2 atom stereocenters. The maximum Gasteiger partial charge on any atom is 0.138 e. The highest BCUT2D eigenvalue weighted by Crippen LogP contribution is 2.16. The molecule has 0 bridgehead atoms. The second-order valence-corrected chi connectivity index (χ2v) is 8.46. The molecule has 3 heteroatoms. The maximum absolute atomic E-state index is 10.2. The maximum atomic E-state index is 10.2. The van der Waals surface area contributed by atoms with E-state index in [-0.39, 0.29) is 18.8 Å². The molecule has 0 aliphatic carbocycles. The third kappa shape index (κ3) is 13.2. The summed E-state index contributed by atoms with van der Waals surface area (Å²) in [4.78, 5) is 0. The van der Waals surface area contributed by atoms with E-state index in [9.17, 15) is 10.2 Å². The van der Waals surface area contributed by atoms with Crippen LogP contribution in [0.3, 0.4) is 0 Å². The normalized spacial score (nSPS) is 14.8. The van der Waals surface area contributed by atoms with Crippen molar-refractivity contribution in [2.24, 2.45) is 0 Å². The molecule has 0 amide bonds. The number of likely N-dealkylation sites (N-methyl/N-ethyl adjacent to an activating group) is 1. The van der Waals surface area contributed by atoms with Gasteiger partial charge in [-0.15, -0.1) is 0 Å². The Balaban J connectivity index is 3.39. The minimum atomic E-state index is -0.386. The summed E-state index contributed by atoms with van der Waals surface area (Å²) in [5.41, 5.74) is 0. The third-order valence-corrected chi connectivity index (χ3v) is 5.23. The van der Waals surface area contributed by atoms with Crippen molar-refractivity contribution in [1.82, 2.24) is 0 Å². The Morgan fingerprint density at radius 2 is 1.04 bits per heavy atom. The first-order valence-electron chi connectivity index (χ1n) is 10.5. The SMILES string of the molecule is CCCCCCCCCCCCCCCC(O)C(CO)[N+](C)(C)C. The van der Waals surface area contributed by atoms with Crippen molar-refractivity contribution in [1.29, 1.82) is 0 Å². The number of hydrogen-bond acceptors (Lipinski definition) is 2. The zero-order valence-electron chi connectivity index (χ0n) is 17.1. The molecule has 0 aliphatic heterocycles. The summed E-state index contributed by atoms with van der Waals surface area (Å²) in [7, 11) is 6.11. The Bertz CT molecular complexity index is 263. The molecule has 2 unspecified atom stereocenters. The Hall–Kier alpha value is -0.120. The van der Waals surface area contributed by atoms with Gasteiger partial charge in [0, 0.05) is 0 Å². The van der Waals surface area contributed by atoms with E-state index in [1.54, 1.807) is 0 Å². The summed E-state index contributed by atoms with van der Waals surface area (Å²) < 4.78 is 0.621. The zero-order valence-corrected chi connectivity index (χ0v) is 17.1. The fourth-order valence-corrected chi connectivity index (χ4v) is 3.45. The van der Waals surface area contributed by atoms with Gasteiger partial charge in [-0.1, -0.05) is 90.4 Å². The van der Waals surface area contributed by atoms with Gasteiger partial charge in [-0.05, 0) is 6.42 Å². The monoisotopic (exact) mass is 344 g/mol. The van der Waals surface area contributed by atoms with Gasteiger partial charge in [-0.25, -0.2) is 0 Å². The lowest BCUT2D eigenvalue weighted by molar-refractivity contribution is -0.900. The second kappa shape index (κ2) is 15.2. The third-order valence-electron chi connectivity index (χ3n) is 5.23. The van der Waals surface area contributed by atoms with E-state index in [2.05, 4.69) is 6.92 Å². The lowest BCUT2D eigenvalue weighted by Crippen LogP contribution is -2.53. The molecule has 2 N–H and O–H groups in total. The van der Waals surface area contributed by atoms with Gasteiger partial charge in [0.25, 0.3) is 0 Å². The topological polar surface area (TPSA) is 40.5 Å². The first-order chi connectivity index (χ1) is 11.4. The van der Waals surface area contributed by atoms with Gasteiger partial charge in [-0.2, -0.15) is 0 Å². The number of aliphatic hydroxyl groups excluding tert-OH is 2. The zero-order chi connectivity index (χ0) is 18.3. The molecule has 0 aromatic rings. The number of aliphatic hydroxyl groups is 2. The molecule has 0 spiro atoms. The van der Waals surface area contributed by atoms with E-state index in [0.29, 0.717) is 4.48 Å². The van der Waals surface area contributed by atoms with Crippen LogP contribution < -0.4 is 0 Å². The summed E-state index contributed by atoms with van der Waals surface area (Å²) in [5.74, 6) is 0. The first kappa shape index (κ1) is 23.9. The second-order valence-electron chi connectivity index (χ2n) is 8.46. The van der Waals surface area contributed by atoms with Gasteiger partial charge in [0.05, 0.1) is 27.7 Å². The number of unbranched alkanes of at least 4 members (excludes halogenated alkanes) is 12. The summed E-state index contributed by atoms with van der Waals surface area (Å²) in [6.07, 6.45) is 18.0. The molecule has 146 valence electrons. The number of quaternary nitrogens is 1. The van der Waals surface area contributed by atoms with E-state index in [1.165, 1.54) is 77.0 Å². The molecular weight excluding hydrogens is 298 g/mol. The molecule has 0 aromatic heterocycles. The van der Waals surface area contributed by atoms with Crippen molar-refractivity contribution < 1.29 is 14.7 Å². The molecule has 0 radical (unpaired) electrons. The molecule has 3 nitrogen and oxygen atoms in total. The lowest BCUT2D eigenvalue weighted by atomic mass is 10.0. The molecule has 0 fully saturated rings. The molecule has 0 aromatic carbocycles. The van der Waals surface area contributed by atoms with E-state index < -0.39 is 0 Å². The quantitative estimate of drug-likeness (QED) is 0.291. The highest BCUT2D eigenvalue weighted by molar-refractivity contribution is 4.68. The van der Waals surface area contributed by atoms with E-state index >= 15 is 0 Å². The van der Waals surface area contributed by atoms with Crippen LogP contribution in [0.1, 0.15) is 96.8 Å². The van der Waals surface area contributed by atoms with Crippen molar-refractivity contribution >= 4 is 0 Å². The van der Waals surface area contributed by atoms with Crippen LogP contribution in [0.2, 0.25) is 0 Å². The van der Waals surface area contributed by atoms with Crippen LogP contribution in [-0.4, -0.2) is 54.6 Å². The van der Waals surface area contributed by atoms with Gasteiger partial charge < -0.3 is 14.7 Å². The van der Waals surface area contributed by atoms with E-state index in [4.69, 9.17) is 0 Å². The molecule has 24 heavy (non-hydrogen) atoms. The molecule has 0 heterocycles. The predicted molar refractivity (Wildman–Crippen MR) is 105 cm³/mol. The van der Waals surface area contributed by atoms with Crippen LogP contribution in [0.5, 0.6) is 0 Å². The average Bonchev–Trinajstić information content (AvgIpc) is 2.51. The van der Waals surface area contributed by atoms with Crippen LogP contribution in [0.25, 0.3) is 0 Å². The fraction of sp³-hybridized carbons (Fsp3) is 1.00. The van der Waals surface area contributed by atoms with Gasteiger partial charge in [0.2, 0.25) is 0 Å². The highest BCUT2D eigenvalue weighted by Gasteiger charge is 2.30. The van der Waals surface area contributed by atoms with Gasteiger partial charge >= 0.3 is 0 Å². The molecule has 0 saturated carbocycles. The van der Waals surface area contributed by atoms with Crippen LogP contribution in [-0.2, 0) is 0 Å². The summed E-state index contributed by atoms with van der Waals surface area (Å²) >= 11 is 0. The van der Waals surface area contributed by atoms with Crippen LogP contribution in [0.4, 0.5) is 0 Å². The minimum Gasteiger partial charge on any atom is -0.390 e.